The molecule has 3 aromatic rings. The standard InChI is InChI=1S/C32H39Cl2N5O2/c1-19-26-12-22(32(26,2)3)13-28(19)37-31(38-10-8-20(16-38)17-40)36-24-6-7-25-29(15-24)35-18-39(30(25)41)11-9-21-4-5-23(33)14-27(21)34/h4-7,14-15,18-20,22,26,28,40H,8-13,16-17H2,1-3H3,(H,36,37)/t19-,20?,22-,26+,28?/m0/s1. The molecule has 1 aromatic heterocycles. The van der Waals surface area contributed by atoms with Crippen molar-refractivity contribution in [3.8, 4) is 0 Å². The van der Waals surface area contributed by atoms with Crippen LogP contribution in [-0.2, 0) is 13.0 Å². The Morgan fingerprint density at radius 3 is 2.73 bits per heavy atom. The van der Waals surface area contributed by atoms with Crippen molar-refractivity contribution in [3.63, 3.8) is 0 Å². The van der Waals surface area contributed by atoms with E-state index in [9.17, 15) is 9.90 Å². The molecule has 41 heavy (non-hydrogen) atoms. The highest BCUT2D eigenvalue weighted by Crippen LogP contribution is 2.61. The van der Waals surface area contributed by atoms with Crippen LogP contribution in [0.25, 0.3) is 10.9 Å². The molecule has 7 rings (SSSR count). The Morgan fingerprint density at radius 2 is 2.02 bits per heavy atom. The number of benzene rings is 2. The molecule has 1 aliphatic heterocycles. The van der Waals surface area contributed by atoms with Crippen molar-refractivity contribution in [1.29, 1.82) is 0 Å². The minimum atomic E-state index is -0.0799. The summed E-state index contributed by atoms with van der Waals surface area (Å²) in [5, 5.41) is 15.1. The molecule has 4 fully saturated rings. The maximum absolute atomic E-state index is 13.3. The summed E-state index contributed by atoms with van der Waals surface area (Å²) in [6.07, 6.45) is 5.60. The first kappa shape index (κ1) is 28.5. The van der Waals surface area contributed by atoms with E-state index >= 15 is 0 Å². The Balaban J connectivity index is 1.23. The van der Waals surface area contributed by atoms with Crippen LogP contribution in [0.1, 0.15) is 45.6 Å². The zero-order valence-corrected chi connectivity index (χ0v) is 25.5. The van der Waals surface area contributed by atoms with Gasteiger partial charge in [-0.05, 0) is 84.7 Å². The van der Waals surface area contributed by atoms with Gasteiger partial charge in [0.15, 0.2) is 5.96 Å². The highest BCUT2D eigenvalue weighted by Gasteiger charge is 2.56. The second kappa shape index (κ2) is 11.2. The van der Waals surface area contributed by atoms with Crippen molar-refractivity contribution in [3.05, 3.63) is 68.7 Å². The van der Waals surface area contributed by atoms with Crippen molar-refractivity contribution in [1.82, 2.24) is 14.5 Å². The van der Waals surface area contributed by atoms with E-state index in [0.29, 0.717) is 51.2 Å². The second-order valence-electron chi connectivity index (χ2n) is 12.8. The first-order valence-corrected chi connectivity index (χ1v) is 15.5. The normalized spacial score (nSPS) is 27.2. The minimum Gasteiger partial charge on any atom is -0.396 e. The summed E-state index contributed by atoms with van der Waals surface area (Å²) in [6, 6.07) is 11.4. The van der Waals surface area contributed by atoms with Gasteiger partial charge in [-0.3, -0.25) is 9.36 Å². The first-order chi connectivity index (χ1) is 19.6. The number of aliphatic hydroxyl groups excluding tert-OH is 1. The van der Waals surface area contributed by atoms with Gasteiger partial charge in [0, 0.05) is 47.9 Å². The van der Waals surface area contributed by atoms with Crippen molar-refractivity contribution < 1.29 is 5.11 Å². The van der Waals surface area contributed by atoms with Gasteiger partial charge in [-0.2, -0.15) is 0 Å². The van der Waals surface area contributed by atoms with Gasteiger partial charge in [0.25, 0.3) is 5.56 Å². The molecule has 0 amide bonds. The van der Waals surface area contributed by atoms with Gasteiger partial charge >= 0.3 is 0 Å². The van der Waals surface area contributed by atoms with Crippen LogP contribution in [0.5, 0.6) is 0 Å². The number of hydrogen-bond donors (Lipinski definition) is 2. The van der Waals surface area contributed by atoms with Crippen molar-refractivity contribution in [2.75, 3.05) is 25.0 Å². The quantitative estimate of drug-likeness (QED) is 0.266. The summed E-state index contributed by atoms with van der Waals surface area (Å²) in [5.74, 6) is 3.09. The Bertz CT molecular complexity index is 1540. The Kier molecular flexibility index (Phi) is 7.81. The molecule has 9 heteroatoms. The summed E-state index contributed by atoms with van der Waals surface area (Å²) in [5.41, 5.74) is 2.77. The van der Waals surface area contributed by atoms with Gasteiger partial charge in [-0.1, -0.05) is 50.0 Å². The van der Waals surface area contributed by atoms with E-state index in [1.54, 1.807) is 23.0 Å². The molecule has 5 atom stereocenters. The zero-order chi connectivity index (χ0) is 28.9. The fourth-order valence-electron chi connectivity index (χ4n) is 7.31. The lowest BCUT2D eigenvalue weighted by molar-refractivity contribution is -0.108. The molecule has 2 bridgehead atoms. The van der Waals surface area contributed by atoms with Crippen LogP contribution in [0.4, 0.5) is 5.69 Å². The zero-order valence-electron chi connectivity index (χ0n) is 24.0. The fraction of sp³-hybridized carbons (Fsp3) is 0.531. The SMILES string of the molecule is C[C@@H]1C(N=C(Nc2ccc3c(=O)n(CCc4ccc(Cl)cc4Cl)cnc3c2)N2CCC(CO)C2)C[C@@H]2C[C@H]1C2(C)C. The third-order valence-corrected chi connectivity index (χ3v) is 10.8. The Morgan fingerprint density at radius 1 is 1.20 bits per heavy atom. The van der Waals surface area contributed by atoms with E-state index in [-0.39, 0.29) is 24.1 Å². The Labute approximate surface area is 251 Å². The van der Waals surface area contributed by atoms with E-state index in [0.717, 1.165) is 49.1 Å². The van der Waals surface area contributed by atoms with Gasteiger partial charge in [-0.25, -0.2) is 9.98 Å². The highest BCUT2D eigenvalue weighted by molar-refractivity contribution is 6.35. The third kappa shape index (κ3) is 5.49. The number of nitrogens with zero attached hydrogens (tertiary/aromatic N) is 4. The fourth-order valence-corrected chi connectivity index (χ4v) is 7.81. The summed E-state index contributed by atoms with van der Waals surface area (Å²) in [7, 11) is 0. The van der Waals surface area contributed by atoms with Crippen LogP contribution in [0.15, 0.2) is 52.5 Å². The summed E-state index contributed by atoms with van der Waals surface area (Å²) in [4.78, 5) is 25.5. The highest BCUT2D eigenvalue weighted by atomic mass is 35.5. The van der Waals surface area contributed by atoms with Gasteiger partial charge in [0.1, 0.15) is 0 Å². The molecular weight excluding hydrogens is 557 g/mol. The van der Waals surface area contributed by atoms with Crippen molar-refractivity contribution >= 4 is 45.8 Å². The molecular formula is C32H39Cl2N5O2. The molecule has 4 aliphatic rings. The van der Waals surface area contributed by atoms with E-state index in [1.165, 1.54) is 6.42 Å². The maximum atomic E-state index is 13.3. The second-order valence-corrected chi connectivity index (χ2v) is 13.7. The van der Waals surface area contributed by atoms with Crippen LogP contribution < -0.4 is 10.9 Å². The van der Waals surface area contributed by atoms with Crippen LogP contribution in [0.2, 0.25) is 10.0 Å². The molecule has 7 nitrogen and oxygen atoms in total. The van der Waals surface area contributed by atoms with Crippen LogP contribution in [0, 0.1) is 29.1 Å². The number of rotatable bonds is 6. The molecule has 3 aliphatic carbocycles. The first-order valence-electron chi connectivity index (χ1n) is 14.8. The van der Waals surface area contributed by atoms with E-state index in [2.05, 4.69) is 36.0 Å². The number of hydrogen-bond acceptors (Lipinski definition) is 4. The molecule has 218 valence electrons. The number of guanidine groups is 1. The van der Waals surface area contributed by atoms with Crippen molar-refractivity contribution in [2.24, 2.45) is 34.1 Å². The Hall–Kier alpha value is -2.61. The molecule has 2 N–H and O–H groups in total. The molecule has 0 radical (unpaired) electrons. The predicted octanol–water partition coefficient (Wildman–Crippen LogP) is 6.10. The minimum absolute atomic E-state index is 0.0799. The average molecular weight is 597 g/mol. The molecule has 2 aromatic carbocycles. The third-order valence-electron chi connectivity index (χ3n) is 10.2. The number of aromatic nitrogens is 2. The summed E-state index contributed by atoms with van der Waals surface area (Å²) in [6.45, 7) is 9.51. The molecule has 2 unspecified atom stereocenters. The number of aryl methyl sites for hydroxylation is 2. The van der Waals surface area contributed by atoms with Gasteiger partial charge < -0.3 is 15.3 Å². The van der Waals surface area contributed by atoms with Crippen LogP contribution >= 0.6 is 23.2 Å². The van der Waals surface area contributed by atoms with Crippen LogP contribution in [-0.4, -0.2) is 51.3 Å². The monoisotopic (exact) mass is 595 g/mol. The number of aliphatic hydroxyl groups is 1. The molecule has 1 saturated heterocycles. The largest absolute Gasteiger partial charge is 0.396 e. The van der Waals surface area contributed by atoms with Crippen molar-refractivity contribution in [2.45, 2.75) is 59.0 Å². The van der Waals surface area contributed by atoms with Crippen LogP contribution in [0.3, 0.4) is 0 Å². The van der Waals surface area contributed by atoms with E-state index in [4.69, 9.17) is 28.2 Å². The summed E-state index contributed by atoms with van der Waals surface area (Å²) < 4.78 is 1.63. The lowest BCUT2D eigenvalue weighted by Crippen LogP contribution is -2.56. The van der Waals surface area contributed by atoms with Gasteiger partial charge in [0.2, 0.25) is 0 Å². The predicted molar refractivity (Wildman–Crippen MR) is 167 cm³/mol. The van der Waals surface area contributed by atoms with E-state index < -0.39 is 0 Å². The molecule has 3 saturated carbocycles. The topological polar surface area (TPSA) is 82.8 Å². The lowest BCUT2D eigenvalue weighted by atomic mass is 9.45. The number of fused-ring (bicyclic) bond motifs is 3. The molecule has 2 heterocycles. The smallest absolute Gasteiger partial charge is 0.261 e. The van der Waals surface area contributed by atoms with E-state index in [1.807, 2.05) is 24.3 Å². The van der Waals surface area contributed by atoms with Gasteiger partial charge in [-0.15, -0.1) is 0 Å². The number of aliphatic imine (C=N–C) groups is 1. The molecule has 0 spiro atoms. The number of nitrogens with one attached hydrogen (secondary N) is 1. The number of halogens is 2. The van der Waals surface area contributed by atoms with Gasteiger partial charge in [0.05, 0.1) is 23.3 Å². The number of anilines is 1. The average Bonchev–Trinajstić information content (AvgIpc) is 3.43. The lowest BCUT2D eigenvalue weighted by Gasteiger charge is -2.61. The summed E-state index contributed by atoms with van der Waals surface area (Å²) >= 11 is 12.3. The number of likely N-dealkylation sites (tertiary alicyclic amines) is 1. The maximum Gasteiger partial charge on any atom is 0.261 e.